The van der Waals surface area contributed by atoms with Gasteiger partial charge in [-0.3, -0.25) is 0 Å². The van der Waals surface area contributed by atoms with Gasteiger partial charge in [-0.2, -0.15) is 0 Å². The molecule has 0 aliphatic heterocycles. The van der Waals surface area contributed by atoms with Crippen molar-refractivity contribution in [2.24, 2.45) is 0 Å². The molecule has 92 valence electrons. The highest BCUT2D eigenvalue weighted by Gasteiger charge is 2.21. The van der Waals surface area contributed by atoms with Crippen molar-refractivity contribution in [3.63, 3.8) is 0 Å². The summed E-state index contributed by atoms with van der Waals surface area (Å²) in [6.07, 6.45) is 5.45. The Morgan fingerprint density at radius 1 is 1.53 bits per heavy atom. The van der Waals surface area contributed by atoms with Gasteiger partial charge in [0, 0.05) is 6.04 Å². The molecule has 1 aromatic rings. The van der Waals surface area contributed by atoms with Crippen LogP contribution < -0.4 is 10.1 Å². The van der Waals surface area contributed by atoms with Crippen LogP contribution in [0.25, 0.3) is 0 Å². The lowest BCUT2D eigenvalue weighted by Gasteiger charge is -2.27. The molecular formula is C15H21NO. The first-order valence-electron chi connectivity index (χ1n) is 6.34. The Morgan fingerprint density at radius 3 is 3.06 bits per heavy atom. The summed E-state index contributed by atoms with van der Waals surface area (Å²) in [5.74, 6) is 1.02. The fraction of sp³-hybridized carbons (Fsp3) is 0.467. The number of hydrogen-bond donors (Lipinski definition) is 1. The molecule has 1 N–H and O–H groups in total. The second kappa shape index (κ2) is 5.37. The number of benzene rings is 1. The van der Waals surface area contributed by atoms with Crippen LogP contribution in [0.1, 0.15) is 36.9 Å². The molecule has 0 bridgehead atoms. The summed E-state index contributed by atoms with van der Waals surface area (Å²) in [6.45, 7) is 5.78. The average Bonchev–Trinajstić information content (AvgIpc) is 2.38. The average molecular weight is 231 g/mol. The van der Waals surface area contributed by atoms with E-state index in [0.717, 1.165) is 12.2 Å². The van der Waals surface area contributed by atoms with Crippen LogP contribution >= 0.6 is 0 Å². The van der Waals surface area contributed by atoms with E-state index in [1.54, 1.807) is 0 Å². The van der Waals surface area contributed by atoms with Gasteiger partial charge in [-0.05, 0) is 50.4 Å². The molecule has 0 radical (unpaired) electrons. The predicted octanol–water partition coefficient (Wildman–Crippen LogP) is 3.24. The van der Waals surface area contributed by atoms with Crippen molar-refractivity contribution in [1.82, 2.24) is 5.32 Å². The molecule has 2 heteroatoms. The lowest BCUT2D eigenvalue weighted by molar-refractivity contribution is 0.265. The molecular weight excluding hydrogens is 210 g/mol. The second-order valence-electron chi connectivity index (χ2n) is 4.62. The Bertz CT molecular complexity index is 400. The number of rotatable bonds is 4. The molecule has 0 spiro atoms. The van der Waals surface area contributed by atoms with Gasteiger partial charge in [-0.15, -0.1) is 0 Å². The Morgan fingerprint density at radius 2 is 2.35 bits per heavy atom. The number of fused-ring (bicyclic) bond motifs is 1. The molecule has 2 atom stereocenters. The first-order valence-corrected chi connectivity index (χ1v) is 6.34. The van der Waals surface area contributed by atoms with Crippen LogP contribution in [0.4, 0.5) is 0 Å². The van der Waals surface area contributed by atoms with Crippen molar-refractivity contribution in [2.45, 2.75) is 38.3 Å². The third kappa shape index (κ3) is 2.52. The normalized spacial score (nSPS) is 20.5. The van der Waals surface area contributed by atoms with E-state index in [2.05, 4.69) is 30.1 Å². The maximum absolute atomic E-state index is 5.91. The quantitative estimate of drug-likeness (QED) is 0.803. The van der Waals surface area contributed by atoms with E-state index in [1.165, 1.54) is 24.0 Å². The van der Waals surface area contributed by atoms with Crippen LogP contribution in [0.2, 0.25) is 0 Å². The topological polar surface area (TPSA) is 21.3 Å². The highest BCUT2D eigenvalue weighted by molar-refractivity contribution is 5.43. The van der Waals surface area contributed by atoms with Gasteiger partial charge < -0.3 is 10.1 Å². The summed E-state index contributed by atoms with van der Waals surface area (Å²) in [5.41, 5.74) is 2.76. The van der Waals surface area contributed by atoms with Crippen LogP contribution in [0.5, 0.6) is 5.75 Å². The minimum absolute atomic E-state index is 0.0662. The van der Waals surface area contributed by atoms with E-state index in [1.807, 2.05) is 20.0 Å². The van der Waals surface area contributed by atoms with Crippen molar-refractivity contribution in [3.8, 4) is 5.75 Å². The predicted molar refractivity (Wildman–Crippen MR) is 71.5 cm³/mol. The smallest absolute Gasteiger partial charge is 0.123 e. The van der Waals surface area contributed by atoms with Crippen molar-refractivity contribution < 1.29 is 4.74 Å². The fourth-order valence-electron chi connectivity index (χ4n) is 2.47. The Balaban J connectivity index is 2.32. The minimum Gasteiger partial charge on any atom is -0.486 e. The third-order valence-electron chi connectivity index (χ3n) is 3.46. The Hall–Kier alpha value is -1.28. The highest BCUT2D eigenvalue weighted by atomic mass is 16.5. The van der Waals surface area contributed by atoms with Crippen molar-refractivity contribution in [3.05, 3.63) is 42.0 Å². The maximum Gasteiger partial charge on any atom is 0.123 e. The molecule has 2 rings (SSSR count). The zero-order valence-corrected chi connectivity index (χ0v) is 10.7. The third-order valence-corrected chi connectivity index (χ3v) is 3.46. The highest BCUT2D eigenvalue weighted by Crippen LogP contribution is 2.35. The molecule has 17 heavy (non-hydrogen) atoms. The monoisotopic (exact) mass is 231 g/mol. The van der Waals surface area contributed by atoms with Gasteiger partial charge in [-0.1, -0.05) is 24.8 Å². The standard InChI is InChI=1S/C15H21NO/c1-4-11(2)17-15-10-6-7-12-13(15)8-5-9-14(12)16-3/h4,6-7,10-11,14,16H,1,5,8-9H2,2-3H3. The maximum atomic E-state index is 5.91. The van der Waals surface area contributed by atoms with E-state index < -0.39 is 0 Å². The molecule has 2 unspecified atom stereocenters. The zero-order valence-electron chi connectivity index (χ0n) is 10.7. The van der Waals surface area contributed by atoms with Crippen LogP contribution in [-0.4, -0.2) is 13.2 Å². The van der Waals surface area contributed by atoms with Crippen LogP contribution in [-0.2, 0) is 6.42 Å². The van der Waals surface area contributed by atoms with Gasteiger partial charge in [-0.25, -0.2) is 0 Å². The van der Waals surface area contributed by atoms with Crippen LogP contribution in [0.15, 0.2) is 30.9 Å². The van der Waals surface area contributed by atoms with Gasteiger partial charge in [0.15, 0.2) is 0 Å². The molecule has 0 saturated heterocycles. The molecule has 2 nitrogen and oxygen atoms in total. The Kier molecular flexibility index (Phi) is 3.85. The molecule has 1 aliphatic rings. The minimum atomic E-state index is 0.0662. The number of nitrogens with one attached hydrogen (secondary N) is 1. The van der Waals surface area contributed by atoms with Crippen LogP contribution in [0.3, 0.4) is 0 Å². The molecule has 0 saturated carbocycles. The summed E-state index contributed by atoms with van der Waals surface area (Å²) in [6, 6.07) is 6.83. The lowest BCUT2D eigenvalue weighted by Crippen LogP contribution is -2.22. The van der Waals surface area contributed by atoms with Gasteiger partial charge >= 0.3 is 0 Å². The first-order chi connectivity index (χ1) is 8.26. The Labute approximate surface area is 104 Å². The summed E-state index contributed by atoms with van der Waals surface area (Å²) in [5, 5.41) is 3.38. The summed E-state index contributed by atoms with van der Waals surface area (Å²) in [4.78, 5) is 0. The van der Waals surface area contributed by atoms with E-state index in [0.29, 0.717) is 6.04 Å². The molecule has 0 heterocycles. The molecule has 0 amide bonds. The molecule has 0 aromatic heterocycles. The summed E-state index contributed by atoms with van der Waals surface area (Å²) < 4.78 is 5.91. The summed E-state index contributed by atoms with van der Waals surface area (Å²) in [7, 11) is 2.03. The molecule has 1 aliphatic carbocycles. The van der Waals surface area contributed by atoms with Crippen molar-refractivity contribution in [2.75, 3.05) is 7.05 Å². The van der Waals surface area contributed by atoms with Crippen LogP contribution in [0, 0.1) is 0 Å². The van der Waals surface area contributed by atoms with Gasteiger partial charge in [0.2, 0.25) is 0 Å². The van der Waals surface area contributed by atoms with E-state index in [9.17, 15) is 0 Å². The van der Waals surface area contributed by atoms with E-state index >= 15 is 0 Å². The SMILES string of the molecule is C=CC(C)Oc1cccc2c1CCCC2NC. The second-order valence-corrected chi connectivity index (χ2v) is 4.62. The van der Waals surface area contributed by atoms with E-state index in [-0.39, 0.29) is 6.10 Å². The van der Waals surface area contributed by atoms with Gasteiger partial charge in [0.25, 0.3) is 0 Å². The summed E-state index contributed by atoms with van der Waals surface area (Å²) >= 11 is 0. The van der Waals surface area contributed by atoms with E-state index in [4.69, 9.17) is 4.74 Å². The molecule has 0 fully saturated rings. The fourth-order valence-corrected chi connectivity index (χ4v) is 2.47. The van der Waals surface area contributed by atoms with Gasteiger partial charge in [0.05, 0.1) is 0 Å². The van der Waals surface area contributed by atoms with Crippen molar-refractivity contribution >= 4 is 0 Å². The number of ether oxygens (including phenoxy) is 1. The first kappa shape index (κ1) is 12.2. The largest absolute Gasteiger partial charge is 0.486 e. The zero-order chi connectivity index (χ0) is 12.3. The lowest BCUT2D eigenvalue weighted by atomic mass is 9.87. The van der Waals surface area contributed by atoms with Gasteiger partial charge in [0.1, 0.15) is 11.9 Å². The van der Waals surface area contributed by atoms with Crippen molar-refractivity contribution in [1.29, 1.82) is 0 Å². The molecule has 1 aromatic carbocycles. The number of hydrogen-bond acceptors (Lipinski definition) is 2.